The fourth-order valence-electron chi connectivity index (χ4n) is 3.47. The average Bonchev–Trinajstić information content (AvgIpc) is 2.87. The summed E-state index contributed by atoms with van der Waals surface area (Å²) in [5.41, 5.74) is 11.1. The molecule has 38 heavy (non-hydrogen) atoms. The number of alkyl carbamates (subject to hydrolysis) is 1. The summed E-state index contributed by atoms with van der Waals surface area (Å²) in [5, 5.41) is 34.9. The van der Waals surface area contributed by atoms with Crippen molar-refractivity contribution < 1.29 is 58.2 Å². The topological polar surface area (TPSA) is 251 Å². The molecular formula is C22H40N4O12. The van der Waals surface area contributed by atoms with Crippen LogP contribution < -0.4 is 22.1 Å². The van der Waals surface area contributed by atoms with Gasteiger partial charge in [0.2, 0.25) is 11.8 Å². The summed E-state index contributed by atoms with van der Waals surface area (Å²) < 4.78 is 25.7. The molecule has 1 saturated heterocycles. The normalized spacial score (nSPS) is 26.4. The number of amides is 3. The van der Waals surface area contributed by atoms with E-state index in [1.54, 1.807) is 13.8 Å². The number of methoxy groups -OCH3 is 1. The Bertz CT molecular complexity index is 787. The summed E-state index contributed by atoms with van der Waals surface area (Å²) in [7, 11) is 1.37. The molecule has 9 N–H and O–H groups in total. The lowest BCUT2D eigenvalue weighted by atomic mass is 9.96. The minimum absolute atomic E-state index is 0.0502. The van der Waals surface area contributed by atoms with Gasteiger partial charge in [0, 0.05) is 13.5 Å². The molecule has 1 fully saturated rings. The Morgan fingerprint density at radius 1 is 1.13 bits per heavy atom. The van der Waals surface area contributed by atoms with Crippen LogP contribution in [0.2, 0.25) is 0 Å². The van der Waals surface area contributed by atoms with Gasteiger partial charge < -0.3 is 61.1 Å². The monoisotopic (exact) mass is 552 g/mol. The van der Waals surface area contributed by atoms with E-state index in [9.17, 15) is 34.5 Å². The van der Waals surface area contributed by atoms with Gasteiger partial charge in [0.25, 0.3) is 0 Å². The Hall–Kier alpha value is -2.60. The van der Waals surface area contributed by atoms with E-state index in [0.29, 0.717) is 0 Å². The third-order valence-corrected chi connectivity index (χ3v) is 5.78. The van der Waals surface area contributed by atoms with E-state index in [1.807, 2.05) is 0 Å². The fraction of sp³-hybridized carbons (Fsp3) is 0.818. The number of nitrogens with one attached hydrogen (secondary N) is 2. The Morgan fingerprint density at radius 2 is 1.79 bits per heavy atom. The molecule has 1 aliphatic heterocycles. The van der Waals surface area contributed by atoms with E-state index in [1.165, 1.54) is 14.0 Å². The molecule has 1 rings (SSSR count). The molecule has 1 unspecified atom stereocenters. The van der Waals surface area contributed by atoms with Crippen molar-refractivity contribution in [2.45, 2.75) is 88.5 Å². The first-order valence-corrected chi connectivity index (χ1v) is 12.1. The first-order valence-electron chi connectivity index (χ1n) is 12.1. The Kier molecular flexibility index (Phi) is 14.4. The van der Waals surface area contributed by atoms with Crippen molar-refractivity contribution >= 4 is 23.9 Å². The quantitative estimate of drug-likeness (QED) is 0.0979. The first kappa shape index (κ1) is 33.4. The SMILES string of the molecule is CCOC(=O)N[C@@H]1[C@@H](OC(C)COC(=O)CC[C@@H](NC(=O)[C@@H](N)[C@@H](C)OC)C(N)=O)[C@H](O)[C@@H](CO)O[C@@H]1O. The van der Waals surface area contributed by atoms with Gasteiger partial charge >= 0.3 is 12.1 Å². The molecule has 1 heterocycles. The molecular weight excluding hydrogens is 512 g/mol. The fourth-order valence-corrected chi connectivity index (χ4v) is 3.47. The van der Waals surface area contributed by atoms with Crippen LogP contribution in [0.3, 0.4) is 0 Å². The number of carbonyl (C=O) groups excluding carboxylic acids is 4. The molecule has 0 spiro atoms. The lowest BCUT2D eigenvalue weighted by Gasteiger charge is -2.43. The van der Waals surface area contributed by atoms with E-state index in [2.05, 4.69) is 10.6 Å². The zero-order valence-electron chi connectivity index (χ0n) is 21.9. The van der Waals surface area contributed by atoms with E-state index < -0.39 is 85.4 Å². The van der Waals surface area contributed by atoms with Crippen molar-refractivity contribution in [3.05, 3.63) is 0 Å². The van der Waals surface area contributed by atoms with E-state index >= 15 is 0 Å². The highest BCUT2D eigenvalue weighted by Crippen LogP contribution is 2.24. The van der Waals surface area contributed by atoms with Gasteiger partial charge in [0.1, 0.15) is 43.0 Å². The summed E-state index contributed by atoms with van der Waals surface area (Å²) in [4.78, 5) is 48.0. The molecule has 9 atom stereocenters. The van der Waals surface area contributed by atoms with Gasteiger partial charge in [-0.25, -0.2) is 4.79 Å². The number of primary amides is 1. The number of hydrogen-bond acceptors (Lipinski definition) is 13. The highest BCUT2D eigenvalue weighted by molar-refractivity contribution is 5.89. The number of aliphatic hydroxyl groups excluding tert-OH is 3. The predicted octanol–water partition coefficient (Wildman–Crippen LogP) is -3.40. The Labute approximate surface area is 220 Å². The third kappa shape index (κ3) is 10.3. The summed E-state index contributed by atoms with van der Waals surface area (Å²) in [6, 6.07) is -3.50. The van der Waals surface area contributed by atoms with Gasteiger partial charge in [-0.3, -0.25) is 14.4 Å². The van der Waals surface area contributed by atoms with Gasteiger partial charge in [0.15, 0.2) is 6.29 Å². The summed E-state index contributed by atoms with van der Waals surface area (Å²) in [6.07, 6.45) is -8.36. The molecule has 0 aromatic heterocycles. The number of nitrogens with two attached hydrogens (primary N) is 2. The average molecular weight is 553 g/mol. The molecule has 3 amide bonds. The number of esters is 1. The van der Waals surface area contributed by atoms with Gasteiger partial charge in [-0.1, -0.05) is 0 Å². The maximum atomic E-state index is 12.2. The molecule has 220 valence electrons. The van der Waals surface area contributed by atoms with Crippen molar-refractivity contribution in [1.29, 1.82) is 0 Å². The molecule has 0 aromatic rings. The third-order valence-electron chi connectivity index (χ3n) is 5.78. The number of ether oxygens (including phenoxy) is 5. The van der Waals surface area contributed by atoms with Crippen molar-refractivity contribution in [2.24, 2.45) is 11.5 Å². The van der Waals surface area contributed by atoms with Crippen LogP contribution in [0.15, 0.2) is 0 Å². The minimum atomic E-state index is -1.64. The van der Waals surface area contributed by atoms with Gasteiger partial charge in [-0.15, -0.1) is 0 Å². The second-order valence-corrected chi connectivity index (χ2v) is 8.69. The zero-order valence-corrected chi connectivity index (χ0v) is 21.9. The van der Waals surface area contributed by atoms with Gasteiger partial charge in [0.05, 0.1) is 25.4 Å². The predicted molar refractivity (Wildman–Crippen MR) is 128 cm³/mol. The molecule has 16 nitrogen and oxygen atoms in total. The molecule has 0 aliphatic carbocycles. The first-order chi connectivity index (χ1) is 17.9. The minimum Gasteiger partial charge on any atom is -0.463 e. The van der Waals surface area contributed by atoms with Crippen LogP contribution in [-0.2, 0) is 38.1 Å². The standard InChI is InChI=1S/C22H40N4O12/c1-5-35-22(33)26-16-18(17(29)13(8-27)38-21(16)32)37-10(2)9-36-14(28)7-6-12(19(24)30)25-20(31)15(23)11(3)34-4/h10-13,15-18,21,27,29,32H,5-9,23H2,1-4H3,(H2,24,30)(H,25,31)(H,26,33)/t10?,11-,12-,13-,15+,16-,17-,18-,21+/m1/s1. The lowest BCUT2D eigenvalue weighted by Crippen LogP contribution is -2.65. The second kappa shape index (κ2) is 16.4. The smallest absolute Gasteiger partial charge is 0.407 e. The summed E-state index contributed by atoms with van der Waals surface area (Å²) >= 11 is 0. The molecule has 0 aromatic carbocycles. The summed E-state index contributed by atoms with van der Waals surface area (Å²) in [5.74, 6) is -2.29. The van der Waals surface area contributed by atoms with Gasteiger partial charge in [-0.05, 0) is 27.2 Å². The van der Waals surface area contributed by atoms with Crippen LogP contribution in [0.4, 0.5) is 4.79 Å². The molecule has 0 radical (unpaired) electrons. The summed E-state index contributed by atoms with van der Waals surface area (Å²) in [6.45, 7) is 3.75. The van der Waals surface area contributed by atoms with Crippen molar-refractivity contribution in [3.8, 4) is 0 Å². The number of hydrogen-bond donors (Lipinski definition) is 7. The van der Waals surface area contributed by atoms with Crippen LogP contribution in [-0.4, -0.2) is 121 Å². The van der Waals surface area contributed by atoms with Crippen LogP contribution in [0.1, 0.15) is 33.6 Å². The van der Waals surface area contributed by atoms with Crippen molar-refractivity contribution in [2.75, 3.05) is 26.9 Å². The highest BCUT2D eigenvalue weighted by atomic mass is 16.6. The maximum Gasteiger partial charge on any atom is 0.407 e. The molecule has 16 heteroatoms. The maximum absolute atomic E-state index is 12.2. The van der Waals surface area contributed by atoms with Gasteiger partial charge in [-0.2, -0.15) is 0 Å². The molecule has 0 bridgehead atoms. The van der Waals surface area contributed by atoms with Crippen LogP contribution in [0.25, 0.3) is 0 Å². The number of aliphatic hydroxyl groups is 3. The van der Waals surface area contributed by atoms with Crippen molar-refractivity contribution in [1.82, 2.24) is 10.6 Å². The highest BCUT2D eigenvalue weighted by Gasteiger charge is 2.47. The van der Waals surface area contributed by atoms with E-state index in [4.69, 9.17) is 35.2 Å². The van der Waals surface area contributed by atoms with Crippen LogP contribution in [0, 0.1) is 0 Å². The number of rotatable bonds is 15. The molecule has 1 aliphatic rings. The van der Waals surface area contributed by atoms with Crippen LogP contribution in [0.5, 0.6) is 0 Å². The second-order valence-electron chi connectivity index (χ2n) is 8.69. The van der Waals surface area contributed by atoms with Crippen molar-refractivity contribution in [3.63, 3.8) is 0 Å². The number of carbonyl (C=O) groups is 4. The largest absolute Gasteiger partial charge is 0.463 e. The lowest BCUT2D eigenvalue weighted by molar-refractivity contribution is -0.268. The van der Waals surface area contributed by atoms with E-state index in [-0.39, 0.29) is 26.1 Å². The Balaban J connectivity index is 2.67. The van der Waals surface area contributed by atoms with Crippen LogP contribution >= 0.6 is 0 Å². The van der Waals surface area contributed by atoms with E-state index in [0.717, 1.165) is 0 Å². The Morgan fingerprint density at radius 3 is 2.34 bits per heavy atom. The molecule has 0 saturated carbocycles. The zero-order chi connectivity index (χ0) is 29.0.